The molecule has 1 aliphatic rings. The minimum Gasteiger partial charge on any atom is -0.444 e. The maximum Gasteiger partial charge on any atom is 0.407 e. The van der Waals surface area contributed by atoms with Crippen LogP contribution in [0.2, 0.25) is 0 Å². The van der Waals surface area contributed by atoms with Crippen molar-refractivity contribution in [3.63, 3.8) is 0 Å². The van der Waals surface area contributed by atoms with E-state index < -0.39 is 11.7 Å². The Bertz CT molecular complexity index is 860. The van der Waals surface area contributed by atoms with E-state index in [4.69, 9.17) is 15.6 Å². The summed E-state index contributed by atoms with van der Waals surface area (Å²) in [6.07, 6.45) is 5.02. The number of alkyl carbamates (subject to hydrolysis) is 1. The van der Waals surface area contributed by atoms with Gasteiger partial charge in [-0.3, -0.25) is 15.4 Å². The molecule has 1 aliphatic carbocycles. The molecule has 0 unspecified atom stereocenters. The van der Waals surface area contributed by atoms with Crippen LogP contribution in [-0.2, 0) is 4.74 Å². The van der Waals surface area contributed by atoms with Gasteiger partial charge >= 0.3 is 6.09 Å². The molecule has 3 rings (SSSR count). The van der Waals surface area contributed by atoms with E-state index in [-0.39, 0.29) is 17.4 Å². The molecule has 0 aliphatic heterocycles. The highest BCUT2D eigenvalue weighted by Gasteiger charge is 2.31. The van der Waals surface area contributed by atoms with Crippen molar-refractivity contribution in [1.29, 1.82) is 10.8 Å². The van der Waals surface area contributed by atoms with E-state index in [2.05, 4.69) is 15.3 Å². The zero-order valence-corrected chi connectivity index (χ0v) is 14.7. The van der Waals surface area contributed by atoms with Crippen LogP contribution in [0, 0.1) is 16.7 Å². The summed E-state index contributed by atoms with van der Waals surface area (Å²) in [6, 6.07) is 1.80. The van der Waals surface area contributed by atoms with Crippen LogP contribution < -0.4 is 10.8 Å². The van der Waals surface area contributed by atoms with Crippen LogP contribution in [0.15, 0.2) is 18.5 Å². The van der Waals surface area contributed by atoms with Crippen molar-refractivity contribution in [2.45, 2.75) is 51.7 Å². The highest BCUT2D eigenvalue weighted by Crippen LogP contribution is 2.27. The average molecular weight is 344 g/mol. The molecule has 2 atom stereocenters. The van der Waals surface area contributed by atoms with Gasteiger partial charge in [0.2, 0.25) is 0 Å². The van der Waals surface area contributed by atoms with Crippen LogP contribution in [0.1, 0.15) is 40.0 Å². The smallest absolute Gasteiger partial charge is 0.407 e. The molecule has 1 fully saturated rings. The predicted molar refractivity (Wildman–Crippen MR) is 93.6 cm³/mol. The van der Waals surface area contributed by atoms with Crippen LogP contribution in [0.3, 0.4) is 0 Å². The normalized spacial score (nSPS) is 20.6. The van der Waals surface area contributed by atoms with Gasteiger partial charge in [0, 0.05) is 18.2 Å². The minimum atomic E-state index is -0.526. The number of H-pyrrole nitrogens is 1. The first-order valence-electron chi connectivity index (χ1n) is 8.42. The van der Waals surface area contributed by atoms with Gasteiger partial charge in [0.25, 0.3) is 0 Å². The molecule has 0 radical (unpaired) electrons. The fourth-order valence-corrected chi connectivity index (χ4v) is 3.23. The van der Waals surface area contributed by atoms with Crippen LogP contribution in [0.4, 0.5) is 4.79 Å². The summed E-state index contributed by atoms with van der Waals surface area (Å²) in [6.45, 7) is 5.49. The Labute approximate surface area is 145 Å². The van der Waals surface area contributed by atoms with E-state index in [9.17, 15) is 4.79 Å². The lowest BCUT2D eigenvalue weighted by atomic mass is 10.1. The van der Waals surface area contributed by atoms with Crippen LogP contribution in [-0.4, -0.2) is 38.1 Å². The number of nitrogens with zero attached hydrogens (tertiary/aromatic N) is 2. The summed E-state index contributed by atoms with van der Waals surface area (Å²) in [7, 11) is 0. The predicted octanol–water partition coefficient (Wildman–Crippen LogP) is 2.36. The number of rotatable bonds is 2. The summed E-state index contributed by atoms with van der Waals surface area (Å²) < 4.78 is 6.91. The van der Waals surface area contributed by atoms with Gasteiger partial charge in [-0.2, -0.15) is 0 Å². The van der Waals surface area contributed by atoms with Gasteiger partial charge in [-0.15, -0.1) is 0 Å². The van der Waals surface area contributed by atoms with Crippen LogP contribution >= 0.6 is 0 Å². The number of nitrogens with one attached hydrogen (secondary N) is 4. The monoisotopic (exact) mass is 344 g/mol. The number of ether oxygens (including phenoxy) is 1. The van der Waals surface area contributed by atoms with E-state index in [0.29, 0.717) is 17.9 Å². The van der Waals surface area contributed by atoms with Crippen LogP contribution in [0.5, 0.6) is 0 Å². The quantitative estimate of drug-likeness (QED) is 0.494. The molecule has 8 heteroatoms. The number of hydrogen-bond acceptors (Lipinski definition) is 5. The first-order valence-corrected chi connectivity index (χ1v) is 8.42. The Hall–Kier alpha value is -2.64. The number of hydrogen-bond donors (Lipinski definition) is 4. The molecular weight excluding hydrogens is 320 g/mol. The third kappa shape index (κ3) is 3.72. The number of carbonyl (C=O) groups is 1. The second-order valence-corrected chi connectivity index (χ2v) is 7.43. The Kier molecular flexibility index (Phi) is 4.36. The molecule has 0 spiro atoms. The van der Waals surface area contributed by atoms with Gasteiger partial charge < -0.3 is 15.0 Å². The van der Waals surface area contributed by atoms with E-state index in [1.165, 1.54) is 6.20 Å². The number of amides is 1. The van der Waals surface area contributed by atoms with Gasteiger partial charge in [-0.05, 0) is 46.1 Å². The Morgan fingerprint density at radius 3 is 2.92 bits per heavy atom. The van der Waals surface area contributed by atoms with Gasteiger partial charge in [0.15, 0.2) is 5.65 Å². The molecule has 134 valence electrons. The summed E-state index contributed by atoms with van der Waals surface area (Å²) in [5, 5.41) is 19.6. The van der Waals surface area contributed by atoms with Gasteiger partial charge in [0.05, 0.1) is 11.7 Å². The van der Waals surface area contributed by atoms with Gasteiger partial charge in [-0.25, -0.2) is 9.78 Å². The summed E-state index contributed by atoms with van der Waals surface area (Å²) in [5.74, 6) is 0.347. The fraction of sp³-hybridized carbons (Fsp3) is 0.529. The van der Waals surface area contributed by atoms with Gasteiger partial charge in [0.1, 0.15) is 16.9 Å². The lowest BCUT2D eigenvalue weighted by Gasteiger charge is -2.22. The topological polar surface area (TPSA) is 120 Å². The van der Waals surface area contributed by atoms with Gasteiger partial charge in [-0.1, -0.05) is 0 Å². The minimum absolute atomic E-state index is 0.0152. The molecule has 2 aromatic heterocycles. The Morgan fingerprint density at radius 1 is 1.44 bits per heavy atom. The molecule has 0 aromatic carbocycles. The zero-order valence-electron chi connectivity index (χ0n) is 14.7. The van der Waals surface area contributed by atoms with Crippen molar-refractivity contribution >= 4 is 23.1 Å². The first kappa shape index (κ1) is 17.2. The summed E-state index contributed by atoms with van der Waals surface area (Å²) >= 11 is 0. The zero-order chi connectivity index (χ0) is 18.2. The standard InChI is InChI=1S/C17H24N6O2/c1-17(2,3)25-16(24)22-11-5-4-10(8-11)14(19)23-12-6-7-20-15(12)21-9-13(23)18/h6-7,9-11,18-20H,4-5,8H2,1-3H3,(H,22,24)/t10-,11+/m1/s1. The summed E-state index contributed by atoms with van der Waals surface area (Å²) in [4.78, 5) is 19.1. The van der Waals surface area contributed by atoms with E-state index in [1.54, 1.807) is 10.8 Å². The van der Waals surface area contributed by atoms with Crippen molar-refractivity contribution in [3.8, 4) is 0 Å². The second-order valence-electron chi connectivity index (χ2n) is 7.43. The SMILES string of the molecule is CC(C)(C)OC(=O)N[C@H]1CC[C@@H](C(=N)n2c(=N)cnc3[nH]ccc32)C1. The van der Waals surface area contributed by atoms with E-state index in [0.717, 1.165) is 18.4 Å². The third-order valence-corrected chi connectivity index (χ3v) is 4.28. The Balaban J connectivity index is 1.70. The number of carbonyl (C=O) groups excluding carboxylic acids is 1. The van der Waals surface area contributed by atoms with Crippen molar-refractivity contribution in [2.75, 3.05) is 0 Å². The number of aromatic nitrogens is 3. The molecular formula is C17H24N6O2. The molecule has 0 saturated heterocycles. The van der Waals surface area contributed by atoms with Crippen molar-refractivity contribution in [3.05, 3.63) is 23.9 Å². The van der Waals surface area contributed by atoms with Crippen molar-refractivity contribution in [1.82, 2.24) is 19.9 Å². The molecule has 4 N–H and O–H groups in total. The third-order valence-electron chi connectivity index (χ3n) is 4.28. The molecule has 25 heavy (non-hydrogen) atoms. The lowest BCUT2D eigenvalue weighted by molar-refractivity contribution is 0.0505. The van der Waals surface area contributed by atoms with E-state index >= 15 is 0 Å². The molecule has 8 nitrogen and oxygen atoms in total. The highest BCUT2D eigenvalue weighted by molar-refractivity contribution is 5.91. The number of aromatic amines is 1. The number of fused-ring (bicyclic) bond motifs is 1. The molecule has 2 aromatic rings. The molecule has 0 bridgehead atoms. The van der Waals surface area contributed by atoms with E-state index in [1.807, 2.05) is 26.8 Å². The largest absolute Gasteiger partial charge is 0.444 e. The molecule has 1 amide bonds. The second kappa shape index (κ2) is 6.34. The molecule has 2 heterocycles. The first-order chi connectivity index (χ1) is 11.7. The average Bonchev–Trinajstić information content (AvgIpc) is 3.13. The fourth-order valence-electron chi connectivity index (χ4n) is 3.23. The Morgan fingerprint density at radius 2 is 2.20 bits per heavy atom. The van der Waals surface area contributed by atoms with Crippen molar-refractivity contribution in [2.24, 2.45) is 5.92 Å². The lowest BCUT2D eigenvalue weighted by Crippen LogP contribution is -2.38. The van der Waals surface area contributed by atoms with Crippen LogP contribution in [0.25, 0.3) is 11.2 Å². The maximum atomic E-state index is 11.9. The summed E-state index contributed by atoms with van der Waals surface area (Å²) in [5.41, 5.74) is 1.03. The highest BCUT2D eigenvalue weighted by atomic mass is 16.6. The maximum absolute atomic E-state index is 11.9. The molecule has 1 saturated carbocycles. The van der Waals surface area contributed by atoms with Crippen molar-refractivity contribution < 1.29 is 9.53 Å².